The molecule has 1 radical (unpaired) electrons. The number of hydrogen-bond donors (Lipinski definition) is 2. The summed E-state index contributed by atoms with van der Waals surface area (Å²) in [5.74, 6) is 0.580. The van der Waals surface area contributed by atoms with Gasteiger partial charge in [-0.25, -0.2) is 0 Å². The summed E-state index contributed by atoms with van der Waals surface area (Å²) in [5.41, 5.74) is 2.75. The van der Waals surface area contributed by atoms with Gasteiger partial charge in [-0.3, -0.25) is 0 Å². The lowest BCUT2D eigenvalue weighted by molar-refractivity contribution is 0.370. The van der Waals surface area contributed by atoms with E-state index in [-0.39, 0.29) is 11.0 Å². The molecule has 0 saturated carbocycles. The molecule has 0 aliphatic heterocycles. The van der Waals surface area contributed by atoms with E-state index in [4.69, 9.17) is 4.74 Å². The van der Waals surface area contributed by atoms with E-state index in [2.05, 4.69) is 19.6 Å². The normalized spacial score (nSPS) is 12.2. The molecule has 2 rings (SSSR count). The van der Waals surface area contributed by atoms with E-state index in [1.807, 2.05) is 30.3 Å². The largest absolute Gasteiger partial charge is 0.504 e. The van der Waals surface area contributed by atoms with Crippen molar-refractivity contribution in [3.63, 3.8) is 0 Å². The zero-order chi connectivity index (χ0) is 13.1. The minimum absolute atomic E-state index is 0.121. The maximum absolute atomic E-state index is 9.78. The smallest absolute Gasteiger partial charge is 0.165 e. The van der Waals surface area contributed by atoms with Gasteiger partial charge in [0, 0.05) is 5.56 Å². The SMILES string of the molecule is [CH2]c1ccccc1C(S)c1cccc(O)c1OC. The predicted octanol–water partition coefficient (Wildman–Crippen LogP) is 3.60. The van der Waals surface area contributed by atoms with Gasteiger partial charge in [-0.05, 0) is 24.1 Å². The number of benzene rings is 2. The molecule has 0 saturated heterocycles. The Labute approximate surface area is 113 Å². The zero-order valence-corrected chi connectivity index (χ0v) is 11.0. The average molecular weight is 259 g/mol. The minimum Gasteiger partial charge on any atom is -0.504 e. The lowest BCUT2D eigenvalue weighted by Crippen LogP contribution is -1.99. The molecule has 2 nitrogen and oxygen atoms in total. The molecule has 2 aromatic carbocycles. The number of ether oxygens (including phenoxy) is 1. The summed E-state index contributed by atoms with van der Waals surface area (Å²) in [6.07, 6.45) is 0. The molecule has 18 heavy (non-hydrogen) atoms. The molecule has 0 fully saturated rings. The molecule has 1 N–H and O–H groups in total. The summed E-state index contributed by atoms with van der Waals surface area (Å²) in [6, 6.07) is 13.1. The predicted molar refractivity (Wildman–Crippen MR) is 76.4 cm³/mol. The van der Waals surface area contributed by atoms with Crippen LogP contribution in [-0.4, -0.2) is 12.2 Å². The quantitative estimate of drug-likeness (QED) is 0.825. The molecule has 0 bridgehead atoms. The van der Waals surface area contributed by atoms with Crippen LogP contribution >= 0.6 is 12.6 Å². The highest BCUT2D eigenvalue weighted by Crippen LogP contribution is 2.40. The highest BCUT2D eigenvalue weighted by atomic mass is 32.1. The first-order chi connectivity index (χ1) is 8.65. The van der Waals surface area contributed by atoms with E-state index in [1.54, 1.807) is 12.1 Å². The van der Waals surface area contributed by atoms with E-state index in [1.165, 1.54) is 7.11 Å². The third-order valence-corrected chi connectivity index (χ3v) is 3.43. The molecule has 0 spiro atoms. The number of phenols is 1. The Bertz CT molecular complexity index is 552. The Kier molecular flexibility index (Phi) is 3.82. The van der Waals surface area contributed by atoms with Crippen LogP contribution in [0.1, 0.15) is 21.9 Å². The van der Waals surface area contributed by atoms with Gasteiger partial charge in [0.1, 0.15) is 0 Å². The van der Waals surface area contributed by atoms with Crippen LogP contribution < -0.4 is 4.74 Å². The molecule has 1 unspecified atom stereocenters. The van der Waals surface area contributed by atoms with Gasteiger partial charge >= 0.3 is 0 Å². The Balaban J connectivity index is 2.50. The summed E-state index contributed by atoms with van der Waals surface area (Å²) in [4.78, 5) is 0. The van der Waals surface area contributed by atoms with Crippen molar-refractivity contribution in [1.29, 1.82) is 0 Å². The number of hydrogen-bond acceptors (Lipinski definition) is 3. The summed E-state index contributed by atoms with van der Waals surface area (Å²) >= 11 is 4.62. The number of phenolic OH excluding ortho intramolecular Hbond substituents is 1. The summed E-state index contributed by atoms with van der Waals surface area (Å²) in [5, 5.41) is 9.60. The van der Waals surface area contributed by atoms with Crippen molar-refractivity contribution < 1.29 is 9.84 Å². The van der Waals surface area contributed by atoms with Crippen molar-refractivity contribution in [3.05, 3.63) is 66.1 Å². The first-order valence-corrected chi connectivity index (χ1v) is 6.11. The van der Waals surface area contributed by atoms with Crippen LogP contribution in [0.15, 0.2) is 42.5 Å². The van der Waals surface area contributed by atoms with Crippen molar-refractivity contribution in [3.8, 4) is 11.5 Å². The topological polar surface area (TPSA) is 29.5 Å². The highest BCUT2D eigenvalue weighted by Gasteiger charge is 2.18. The second kappa shape index (κ2) is 5.36. The Hall–Kier alpha value is -1.61. The molecular formula is C15H15O2S. The number of para-hydroxylation sites is 1. The lowest BCUT2D eigenvalue weighted by atomic mass is 9.99. The summed E-state index contributed by atoms with van der Waals surface area (Å²) in [6.45, 7) is 3.99. The molecule has 0 heterocycles. The fourth-order valence-electron chi connectivity index (χ4n) is 1.95. The van der Waals surface area contributed by atoms with Gasteiger partial charge in [-0.2, -0.15) is 12.6 Å². The Morgan fingerprint density at radius 1 is 1.11 bits per heavy atom. The van der Waals surface area contributed by atoms with Gasteiger partial charge in [0.25, 0.3) is 0 Å². The number of aromatic hydroxyl groups is 1. The maximum Gasteiger partial charge on any atom is 0.165 e. The monoisotopic (exact) mass is 259 g/mol. The van der Waals surface area contributed by atoms with Crippen molar-refractivity contribution in [2.24, 2.45) is 0 Å². The number of rotatable bonds is 3. The summed E-state index contributed by atoms with van der Waals surface area (Å²) < 4.78 is 5.24. The van der Waals surface area contributed by atoms with Gasteiger partial charge in [-0.1, -0.05) is 36.4 Å². The first-order valence-electron chi connectivity index (χ1n) is 5.60. The molecule has 1 atom stereocenters. The van der Waals surface area contributed by atoms with Crippen LogP contribution in [0.4, 0.5) is 0 Å². The van der Waals surface area contributed by atoms with Gasteiger partial charge in [0.05, 0.1) is 12.4 Å². The lowest BCUT2D eigenvalue weighted by Gasteiger charge is -2.17. The summed E-state index contributed by atoms with van der Waals surface area (Å²) in [7, 11) is 1.54. The first kappa shape index (κ1) is 12.8. The van der Waals surface area contributed by atoms with Gasteiger partial charge in [0.15, 0.2) is 11.5 Å². The van der Waals surface area contributed by atoms with Gasteiger partial charge in [0.2, 0.25) is 0 Å². The van der Waals surface area contributed by atoms with Crippen LogP contribution in [0.25, 0.3) is 0 Å². The Morgan fingerprint density at radius 2 is 1.78 bits per heavy atom. The van der Waals surface area contributed by atoms with Crippen molar-refractivity contribution >= 4 is 12.6 Å². The fraction of sp³-hybridized carbons (Fsp3) is 0.133. The molecule has 0 aromatic heterocycles. The maximum atomic E-state index is 9.78. The third kappa shape index (κ3) is 2.31. The molecule has 2 aromatic rings. The van der Waals surface area contributed by atoms with E-state index in [0.717, 1.165) is 16.7 Å². The van der Waals surface area contributed by atoms with Crippen LogP contribution in [0.2, 0.25) is 0 Å². The van der Waals surface area contributed by atoms with Crippen molar-refractivity contribution in [2.45, 2.75) is 5.25 Å². The van der Waals surface area contributed by atoms with Crippen LogP contribution in [-0.2, 0) is 0 Å². The fourth-order valence-corrected chi connectivity index (χ4v) is 2.40. The van der Waals surface area contributed by atoms with Crippen LogP contribution in [0, 0.1) is 6.92 Å². The van der Waals surface area contributed by atoms with E-state index < -0.39 is 0 Å². The average Bonchev–Trinajstić information content (AvgIpc) is 2.38. The molecule has 0 amide bonds. The van der Waals surface area contributed by atoms with E-state index >= 15 is 0 Å². The van der Waals surface area contributed by atoms with Crippen LogP contribution in [0.3, 0.4) is 0 Å². The third-order valence-electron chi connectivity index (χ3n) is 2.87. The second-order valence-electron chi connectivity index (χ2n) is 4.00. The molecule has 0 aliphatic rings. The van der Waals surface area contributed by atoms with E-state index in [0.29, 0.717) is 5.75 Å². The molecule has 3 heteroatoms. The minimum atomic E-state index is -0.180. The molecule has 93 valence electrons. The van der Waals surface area contributed by atoms with Gasteiger partial charge < -0.3 is 9.84 Å². The number of thiol groups is 1. The molecule has 0 aliphatic carbocycles. The van der Waals surface area contributed by atoms with E-state index in [9.17, 15) is 5.11 Å². The number of methoxy groups -OCH3 is 1. The van der Waals surface area contributed by atoms with Crippen molar-refractivity contribution in [2.75, 3.05) is 7.11 Å². The molecular weight excluding hydrogens is 244 g/mol. The Morgan fingerprint density at radius 3 is 2.44 bits per heavy atom. The van der Waals surface area contributed by atoms with Crippen molar-refractivity contribution in [1.82, 2.24) is 0 Å². The standard InChI is InChI=1S/C15H15O2S/c1-10-6-3-4-7-11(10)15(18)12-8-5-9-13(16)14(12)17-2/h3-9,15-16,18H,1H2,2H3. The highest BCUT2D eigenvalue weighted by molar-refractivity contribution is 7.80. The second-order valence-corrected chi connectivity index (χ2v) is 4.52. The zero-order valence-electron chi connectivity index (χ0n) is 10.1. The van der Waals surface area contributed by atoms with Gasteiger partial charge in [-0.15, -0.1) is 0 Å². The van der Waals surface area contributed by atoms with Crippen LogP contribution in [0.5, 0.6) is 11.5 Å².